The third kappa shape index (κ3) is 4.76. The van der Waals surface area contributed by atoms with Crippen LogP contribution in [0.5, 0.6) is 0 Å². The molecule has 0 saturated carbocycles. The molecule has 2 aromatic carbocycles. The molecule has 1 heterocycles. The first kappa shape index (κ1) is 19.2. The summed E-state index contributed by atoms with van der Waals surface area (Å²) in [6.07, 6.45) is 4.29. The fourth-order valence-electron chi connectivity index (χ4n) is 3.85. The maximum absolute atomic E-state index is 13.2. The number of nitrogens with zero attached hydrogens (tertiary/aromatic N) is 1. The van der Waals surface area contributed by atoms with E-state index in [2.05, 4.69) is 19.2 Å². The van der Waals surface area contributed by atoms with Crippen molar-refractivity contribution in [2.75, 3.05) is 5.32 Å². The average Bonchev–Trinajstić information content (AvgIpc) is 2.67. The van der Waals surface area contributed by atoms with Crippen LogP contribution >= 0.6 is 0 Å². The van der Waals surface area contributed by atoms with Crippen molar-refractivity contribution in [2.45, 2.75) is 58.0 Å². The van der Waals surface area contributed by atoms with Gasteiger partial charge in [0.2, 0.25) is 5.91 Å². The van der Waals surface area contributed by atoms with Gasteiger partial charge in [0.1, 0.15) is 0 Å². The van der Waals surface area contributed by atoms with E-state index in [9.17, 15) is 9.59 Å². The maximum Gasteiger partial charge on any atom is 0.256 e. The number of carbonyl (C=O) groups is 2. The van der Waals surface area contributed by atoms with Gasteiger partial charge >= 0.3 is 0 Å². The summed E-state index contributed by atoms with van der Waals surface area (Å²) in [6.45, 7) is 4.21. The molecule has 1 fully saturated rings. The highest BCUT2D eigenvalue weighted by molar-refractivity contribution is 6.04. The third-order valence-corrected chi connectivity index (χ3v) is 5.34. The van der Waals surface area contributed by atoms with Crippen molar-refractivity contribution in [1.82, 2.24) is 4.90 Å². The second-order valence-corrected chi connectivity index (χ2v) is 7.42. The number of carbonyl (C=O) groups excluding carboxylic acids is 2. The fraction of sp³-hybridized carbons (Fsp3) is 0.391. The molecule has 1 aliphatic heterocycles. The van der Waals surface area contributed by atoms with Gasteiger partial charge in [0.05, 0.1) is 11.3 Å². The maximum atomic E-state index is 13.2. The summed E-state index contributed by atoms with van der Waals surface area (Å²) in [6, 6.07) is 17.7. The van der Waals surface area contributed by atoms with Crippen molar-refractivity contribution in [1.29, 1.82) is 0 Å². The molecular weight excluding hydrogens is 336 g/mol. The normalized spacial score (nSPS) is 19.6. The van der Waals surface area contributed by atoms with Gasteiger partial charge < -0.3 is 10.2 Å². The first-order chi connectivity index (χ1) is 13.1. The molecule has 2 amide bonds. The number of anilines is 1. The summed E-state index contributed by atoms with van der Waals surface area (Å²) in [5, 5.41) is 2.94. The molecule has 0 radical (unpaired) electrons. The van der Waals surface area contributed by atoms with Gasteiger partial charge in [-0.25, -0.2) is 0 Å². The van der Waals surface area contributed by atoms with Crippen molar-refractivity contribution in [3.63, 3.8) is 0 Å². The van der Waals surface area contributed by atoms with Crippen LogP contribution in [0.15, 0.2) is 54.6 Å². The average molecular weight is 364 g/mol. The number of rotatable bonds is 5. The molecule has 0 aliphatic carbocycles. The van der Waals surface area contributed by atoms with Crippen molar-refractivity contribution in [3.8, 4) is 0 Å². The Balaban J connectivity index is 1.70. The number of aryl methyl sites for hydroxylation is 1. The highest BCUT2D eigenvalue weighted by Crippen LogP contribution is 2.27. The standard InChI is InChI=1S/C23H28N2O2/c1-17-9-8-10-18(2)25(17)23(27)20-13-6-7-14-21(20)24-22(26)16-15-19-11-4-3-5-12-19/h3-7,11-14,17-18H,8-10,15-16H2,1-2H3,(H,24,26). The molecular formula is C23H28N2O2. The molecule has 27 heavy (non-hydrogen) atoms. The van der Waals surface area contributed by atoms with Crippen LogP contribution in [0.3, 0.4) is 0 Å². The van der Waals surface area contributed by atoms with Gasteiger partial charge in [-0.05, 0) is 57.2 Å². The molecule has 3 rings (SSSR count). The predicted molar refractivity (Wildman–Crippen MR) is 109 cm³/mol. The minimum atomic E-state index is -0.0705. The lowest BCUT2D eigenvalue weighted by Gasteiger charge is -2.39. The Morgan fingerprint density at radius 1 is 0.963 bits per heavy atom. The number of likely N-dealkylation sites (tertiary alicyclic amines) is 1. The Kier molecular flexibility index (Phi) is 6.28. The van der Waals surface area contributed by atoms with Gasteiger partial charge in [0.15, 0.2) is 0 Å². The lowest BCUT2D eigenvalue weighted by Crippen LogP contribution is -2.47. The Morgan fingerprint density at radius 2 is 1.59 bits per heavy atom. The minimum Gasteiger partial charge on any atom is -0.333 e. The molecule has 0 aromatic heterocycles. The number of benzene rings is 2. The zero-order valence-corrected chi connectivity index (χ0v) is 16.2. The number of hydrogen-bond donors (Lipinski definition) is 1. The van der Waals surface area contributed by atoms with Gasteiger partial charge in [-0.1, -0.05) is 42.5 Å². The molecule has 1 aliphatic rings. The zero-order chi connectivity index (χ0) is 19.2. The number of amides is 2. The summed E-state index contributed by atoms with van der Waals surface area (Å²) >= 11 is 0. The Morgan fingerprint density at radius 3 is 2.30 bits per heavy atom. The number of para-hydroxylation sites is 1. The molecule has 142 valence electrons. The van der Waals surface area contributed by atoms with Crippen molar-refractivity contribution < 1.29 is 9.59 Å². The van der Waals surface area contributed by atoms with E-state index in [4.69, 9.17) is 0 Å². The summed E-state index contributed by atoms with van der Waals surface area (Å²) in [4.78, 5) is 27.6. The van der Waals surface area contributed by atoms with Gasteiger partial charge in [0, 0.05) is 18.5 Å². The van der Waals surface area contributed by atoms with Crippen LogP contribution in [0, 0.1) is 0 Å². The van der Waals surface area contributed by atoms with Crippen molar-refractivity contribution in [3.05, 3.63) is 65.7 Å². The summed E-state index contributed by atoms with van der Waals surface area (Å²) in [5.41, 5.74) is 2.31. The Hall–Kier alpha value is -2.62. The molecule has 2 aromatic rings. The Labute approximate surface area is 161 Å². The fourth-order valence-corrected chi connectivity index (χ4v) is 3.85. The Bertz CT molecular complexity index is 778. The van der Waals surface area contributed by atoms with E-state index in [1.165, 1.54) is 0 Å². The number of hydrogen-bond acceptors (Lipinski definition) is 2. The molecule has 4 nitrogen and oxygen atoms in total. The van der Waals surface area contributed by atoms with Crippen LogP contribution in [-0.2, 0) is 11.2 Å². The molecule has 1 saturated heterocycles. The second kappa shape index (κ2) is 8.85. The molecule has 0 spiro atoms. The SMILES string of the molecule is CC1CCCC(C)N1C(=O)c1ccccc1NC(=O)CCc1ccccc1. The minimum absolute atomic E-state index is 0.00802. The summed E-state index contributed by atoms with van der Waals surface area (Å²) in [5.74, 6) is -0.0625. The molecule has 0 bridgehead atoms. The van der Waals surface area contributed by atoms with E-state index in [0.717, 1.165) is 24.8 Å². The van der Waals surface area contributed by atoms with E-state index in [-0.39, 0.29) is 23.9 Å². The second-order valence-electron chi connectivity index (χ2n) is 7.42. The molecule has 2 atom stereocenters. The van der Waals surface area contributed by atoms with Gasteiger partial charge in [-0.2, -0.15) is 0 Å². The van der Waals surface area contributed by atoms with E-state index < -0.39 is 0 Å². The van der Waals surface area contributed by atoms with Crippen molar-refractivity contribution in [2.24, 2.45) is 0 Å². The van der Waals surface area contributed by atoms with E-state index in [1.807, 2.05) is 59.5 Å². The highest BCUT2D eigenvalue weighted by Gasteiger charge is 2.30. The van der Waals surface area contributed by atoms with Gasteiger partial charge in [-0.3, -0.25) is 9.59 Å². The summed E-state index contributed by atoms with van der Waals surface area (Å²) in [7, 11) is 0. The van der Waals surface area contributed by atoms with Gasteiger partial charge in [-0.15, -0.1) is 0 Å². The van der Waals surface area contributed by atoms with E-state index >= 15 is 0 Å². The van der Waals surface area contributed by atoms with Crippen LogP contribution < -0.4 is 5.32 Å². The van der Waals surface area contributed by atoms with E-state index in [0.29, 0.717) is 24.1 Å². The highest BCUT2D eigenvalue weighted by atomic mass is 16.2. The monoisotopic (exact) mass is 364 g/mol. The predicted octanol–water partition coefficient (Wildman–Crippen LogP) is 4.66. The van der Waals surface area contributed by atoms with Crippen molar-refractivity contribution >= 4 is 17.5 Å². The molecule has 1 N–H and O–H groups in total. The quantitative estimate of drug-likeness (QED) is 0.839. The largest absolute Gasteiger partial charge is 0.333 e. The number of nitrogens with one attached hydrogen (secondary N) is 1. The number of piperidine rings is 1. The van der Waals surface area contributed by atoms with E-state index in [1.54, 1.807) is 0 Å². The topological polar surface area (TPSA) is 49.4 Å². The van der Waals surface area contributed by atoms with Crippen LogP contribution in [0.2, 0.25) is 0 Å². The first-order valence-electron chi connectivity index (χ1n) is 9.81. The van der Waals surface area contributed by atoms with Crippen LogP contribution in [0.1, 0.15) is 55.5 Å². The molecule has 4 heteroatoms. The lowest BCUT2D eigenvalue weighted by atomic mass is 9.96. The van der Waals surface area contributed by atoms with Gasteiger partial charge in [0.25, 0.3) is 5.91 Å². The molecule has 2 unspecified atom stereocenters. The third-order valence-electron chi connectivity index (χ3n) is 5.34. The van der Waals surface area contributed by atoms with Crippen LogP contribution in [-0.4, -0.2) is 28.8 Å². The van der Waals surface area contributed by atoms with Crippen LogP contribution in [0.25, 0.3) is 0 Å². The first-order valence-corrected chi connectivity index (χ1v) is 9.81. The van der Waals surface area contributed by atoms with Crippen LogP contribution in [0.4, 0.5) is 5.69 Å². The zero-order valence-electron chi connectivity index (χ0n) is 16.2. The summed E-state index contributed by atoms with van der Waals surface area (Å²) < 4.78 is 0. The lowest BCUT2D eigenvalue weighted by molar-refractivity contribution is -0.116. The smallest absolute Gasteiger partial charge is 0.256 e.